The fourth-order valence-electron chi connectivity index (χ4n) is 2.89. The number of hydrogen-bond acceptors (Lipinski definition) is 3. The van der Waals surface area contributed by atoms with E-state index in [9.17, 15) is 9.90 Å². The predicted octanol–water partition coefficient (Wildman–Crippen LogP) is 4.70. The quantitative estimate of drug-likeness (QED) is 0.273. The summed E-state index contributed by atoms with van der Waals surface area (Å²) in [6.07, 6.45) is 14.5. The molecule has 0 aromatic heterocycles. The normalized spacial score (nSPS) is 22.0. The Bertz CT molecular complexity index is 389. The van der Waals surface area contributed by atoms with Gasteiger partial charge in [0, 0.05) is 0 Å². The van der Waals surface area contributed by atoms with Crippen molar-refractivity contribution >= 4 is 5.97 Å². The number of aliphatic carboxylic acids is 1. The van der Waals surface area contributed by atoms with Crippen molar-refractivity contribution in [3.05, 3.63) is 12.2 Å². The second-order valence-corrected chi connectivity index (χ2v) is 7.70. The monoisotopic (exact) mass is 340 g/mol. The molecule has 3 atom stereocenters. The first-order chi connectivity index (χ1) is 11.4. The maximum atomic E-state index is 11.0. The minimum Gasteiger partial charge on any atom is -0.481 e. The fraction of sp³-hybridized carbons (Fsp3) is 0.850. The molecule has 0 radical (unpaired) electrons. The lowest BCUT2D eigenvalue weighted by Gasteiger charge is -2.17. The molecule has 0 saturated carbocycles. The number of carboxylic acid groups (broad SMARTS) is 1. The first-order valence-electron chi connectivity index (χ1n) is 9.62. The highest BCUT2D eigenvalue weighted by atomic mass is 16.6. The molecule has 1 saturated heterocycles. The second kappa shape index (κ2) is 10.9. The van der Waals surface area contributed by atoms with Gasteiger partial charge in [0.05, 0.1) is 11.5 Å². The first-order valence-corrected chi connectivity index (χ1v) is 9.62. The Kier molecular flexibility index (Phi) is 9.60. The average Bonchev–Trinajstić information content (AvgIpc) is 3.30. The number of aliphatic hydroxyl groups is 1. The van der Waals surface area contributed by atoms with Crippen molar-refractivity contribution in [3.8, 4) is 0 Å². The summed E-state index contributed by atoms with van der Waals surface area (Å²) < 4.78 is 5.56. The Labute approximate surface area is 147 Å². The predicted molar refractivity (Wildman–Crippen MR) is 97.1 cm³/mol. The zero-order valence-corrected chi connectivity index (χ0v) is 15.7. The zero-order chi connectivity index (χ0) is 18.0. The smallest absolute Gasteiger partial charge is 0.309 e. The van der Waals surface area contributed by atoms with E-state index in [4.69, 9.17) is 9.84 Å². The fourth-order valence-corrected chi connectivity index (χ4v) is 2.89. The van der Waals surface area contributed by atoms with Gasteiger partial charge in [-0.1, -0.05) is 64.0 Å². The van der Waals surface area contributed by atoms with E-state index in [1.165, 1.54) is 44.9 Å². The summed E-state index contributed by atoms with van der Waals surface area (Å²) in [6, 6.07) is 0. The van der Waals surface area contributed by atoms with Crippen LogP contribution in [0.25, 0.3) is 0 Å². The molecule has 0 aromatic rings. The van der Waals surface area contributed by atoms with Crippen molar-refractivity contribution in [1.29, 1.82) is 0 Å². The Balaban J connectivity index is 2.06. The molecule has 4 nitrogen and oxygen atoms in total. The third kappa shape index (κ3) is 8.29. The molecule has 1 aliphatic rings. The summed E-state index contributed by atoms with van der Waals surface area (Å²) >= 11 is 0. The van der Waals surface area contributed by atoms with E-state index in [1.54, 1.807) is 19.9 Å². The Morgan fingerprint density at radius 2 is 1.79 bits per heavy atom. The van der Waals surface area contributed by atoms with Gasteiger partial charge in [0.25, 0.3) is 0 Å². The van der Waals surface area contributed by atoms with Crippen molar-refractivity contribution in [3.63, 3.8) is 0 Å². The third-order valence-corrected chi connectivity index (χ3v) is 4.90. The lowest BCUT2D eigenvalue weighted by atomic mass is 9.88. The molecule has 1 aliphatic heterocycles. The SMILES string of the molecule is CCCCCCCCCC1OC1C(O)/C=C\CCC(C)(C)C(=O)O. The van der Waals surface area contributed by atoms with Crippen molar-refractivity contribution in [1.82, 2.24) is 0 Å². The molecule has 140 valence electrons. The zero-order valence-electron chi connectivity index (χ0n) is 15.7. The first kappa shape index (κ1) is 21.2. The number of aliphatic hydroxyl groups excluding tert-OH is 1. The molecule has 0 aliphatic carbocycles. The molecule has 1 heterocycles. The van der Waals surface area contributed by atoms with Gasteiger partial charge in [-0.3, -0.25) is 4.79 Å². The van der Waals surface area contributed by atoms with Crippen LogP contribution in [0.2, 0.25) is 0 Å². The molecule has 0 aromatic carbocycles. The van der Waals surface area contributed by atoms with Crippen LogP contribution in [-0.2, 0) is 9.53 Å². The summed E-state index contributed by atoms with van der Waals surface area (Å²) in [5.74, 6) is -0.781. The van der Waals surface area contributed by atoms with Crippen LogP contribution in [0.5, 0.6) is 0 Å². The molecule has 4 heteroatoms. The molecule has 24 heavy (non-hydrogen) atoms. The summed E-state index contributed by atoms with van der Waals surface area (Å²) in [4.78, 5) is 11.0. The average molecular weight is 341 g/mol. The maximum absolute atomic E-state index is 11.0. The molecular formula is C20H36O4. The number of rotatable bonds is 14. The van der Waals surface area contributed by atoms with E-state index in [0.717, 1.165) is 6.42 Å². The second-order valence-electron chi connectivity index (χ2n) is 7.70. The van der Waals surface area contributed by atoms with Gasteiger partial charge in [0.1, 0.15) is 12.2 Å². The van der Waals surface area contributed by atoms with Gasteiger partial charge in [-0.2, -0.15) is 0 Å². The van der Waals surface area contributed by atoms with Gasteiger partial charge in [0.2, 0.25) is 0 Å². The van der Waals surface area contributed by atoms with Crippen LogP contribution >= 0.6 is 0 Å². The Hall–Kier alpha value is -0.870. The lowest BCUT2D eigenvalue weighted by molar-refractivity contribution is -0.147. The number of carboxylic acids is 1. The molecule has 3 unspecified atom stereocenters. The van der Waals surface area contributed by atoms with Gasteiger partial charge < -0.3 is 14.9 Å². The van der Waals surface area contributed by atoms with Crippen LogP contribution in [0.1, 0.15) is 85.0 Å². The molecule has 1 fully saturated rings. The summed E-state index contributed by atoms with van der Waals surface area (Å²) in [5.41, 5.74) is -0.717. The van der Waals surface area contributed by atoms with Crippen molar-refractivity contribution < 1.29 is 19.7 Å². The van der Waals surface area contributed by atoms with E-state index >= 15 is 0 Å². The molecule has 0 amide bonds. The molecule has 0 spiro atoms. The summed E-state index contributed by atoms with van der Waals surface area (Å²) in [6.45, 7) is 5.68. The van der Waals surface area contributed by atoms with E-state index < -0.39 is 17.5 Å². The largest absolute Gasteiger partial charge is 0.481 e. The highest BCUT2D eigenvalue weighted by Gasteiger charge is 2.42. The van der Waals surface area contributed by atoms with Gasteiger partial charge >= 0.3 is 5.97 Å². The number of unbranched alkanes of at least 4 members (excludes halogenated alkanes) is 6. The standard InChI is InChI=1S/C20H36O4/c1-4-5-6-7-8-9-10-14-17-18(24-17)16(21)13-11-12-15-20(2,3)19(22)23/h11,13,16-18,21H,4-10,12,14-15H2,1-3H3,(H,22,23)/b13-11-. The molecule has 2 N–H and O–H groups in total. The Morgan fingerprint density at radius 1 is 1.17 bits per heavy atom. The number of hydrogen-bond donors (Lipinski definition) is 2. The lowest BCUT2D eigenvalue weighted by Crippen LogP contribution is -2.23. The van der Waals surface area contributed by atoms with E-state index in [2.05, 4.69) is 6.92 Å². The van der Waals surface area contributed by atoms with Crippen LogP contribution in [0, 0.1) is 5.41 Å². The number of carbonyl (C=O) groups is 1. The van der Waals surface area contributed by atoms with Gasteiger partial charge in [-0.05, 0) is 33.1 Å². The van der Waals surface area contributed by atoms with Gasteiger partial charge in [-0.15, -0.1) is 0 Å². The third-order valence-electron chi connectivity index (χ3n) is 4.90. The van der Waals surface area contributed by atoms with Crippen LogP contribution < -0.4 is 0 Å². The van der Waals surface area contributed by atoms with E-state index in [0.29, 0.717) is 12.8 Å². The van der Waals surface area contributed by atoms with Crippen LogP contribution in [0.4, 0.5) is 0 Å². The summed E-state index contributed by atoms with van der Waals surface area (Å²) in [7, 11) is 0. The molecule has 1 rings (SSSR count). The summed E-state index contributed by atoms with van der Waals surface area (Å²) in [5, 5.41) is 19.1. The Morgan fingerprint density at radius 3 is 2.42 bits per heavy atom. The molecule has 0 bridgehead atoms. The van der Waals surface area contributed by atoms with Gasteiger partial charge in [-0.25, -0.2) is 0 Å². The van der Waals surface area contributed by atoms with Crippen LogP contribution in [-0.4, -0.2) is 34.5 Å². The number of epoxide rings is 1. The maximum Gasteiger partial charge on any atom is 0.309 e. The van der Waals surface area contributed by atoms with Crippen molar-refractivity contribution in [2.45, 2.75) is 103 Å². The number of allylic oxidation sites excluding steroid dienone is 1. The van der Waals surface area contributed by atoms with E-state index in [1.807, 2.05) is 6.08 Å². The minimum atomic E-state index is -0.781. The minimum absolute atomic E-state index is 0.0613. The van der Waals surface area contributed by atoms with Crippen molar-refractivity contribution in [2.24, 2.45) is 5.41 Å². The number of ether oxygens (including phenoxy) is 1. The van der Waals surface area contributed by atoms with E-state index in [-0.39, 0.29) is 12.2 Å². The highest BCUT2D eigenvalue weighted by molar-refractivity contribution is 5.73. The van der Waals surface area contributed by atoms with Crippen LogP contribution in [0.15, 0.2) is 12.2 Å². The molecular weight excluding hydrogens is 304 g/mol. The topological polar surface area (TPSA) is 70.1 Å². The van der Waals surface area contributed by atoms with Crippen LogP contribution in [0.3, 0.4) is 0 Å². The van der Waals surface area contributed by atoms with Crippen molar-refractivity contribution in [2.75, 3.05) is 0 Å². The van der Waals surface area contributed by atoms with Gasteiger partial charge in [0.15, 0.2) is 0 Å². The highest BCUT2D eigenvalue weighted by Crippen LogP contribution is 2.31.